The number of hydrogen-bond donors (Lipinski definition) is 1. The molecule has 94 valence electrons. The van der Waals surface area contributed by atoms with Gasteiger partial charge in [-0.1, -0.05) is 6.07 Å². The van der Waals surface area contributed by atoms with Crippen LogP contribution in [-0.4, -0.2) is 41.6 Å². The molecule has 0 radical (unpaired) electrons. The van der Waals surface area contributed by atoms with Gasteiger partial charge in [0.2, 0.25) is 0 Å². The number of morpholine rings is 1. The van der Waals surface area contributed by atoms with Gasteiger partial charge in [-0.2, -0.15) is 0 Å². The highest BCUT2D eigenvalue weighted by atomic mass is 16.5. The maximum atomic E-state index is 12.6. The molecule has 2 heterocycles. The fourth-order valence-electron chi connectivity index (χ4n) is 2.46. The summed E-state index contributed by atoms with van der Waals surface area (Å²) in [5.74, 6) is 0.0935. The van der Waals surface area contributed by atoms with Crippen LogP contribution >= 0.6 is 0 Å². The lowest BCUT2D eigenvalue weighted by atomic mass is 10.1. The molecule has 0 saturated carbocycles. The fourth-order valence-corrected chi connectivity index (χ4v) is 2.46. The van der Waals surface area contributed by atoms with Crippen molar-refractivity contribution in [2.45, 2.75) is 13.0 Å². The number of hydrogen-bond acceptors (Lipinski definition) is 2. The number of benzene rings is 1. The number of carbonyl (C=O) groups excluding carboxylic acids is 1. The van der Waals surface area contributed by atoms with Crippen molar-refractivity contribution in [1.29, 1.82) is 0 Å². The molecule has 1 aliphatic rings. The van der Waals surface area contributed by atoms with E-state index in [2.05, 4.69) is 4.98 Å². The van der Waals surface area contributed by atoms with Crippen LogP contribution in [0.1, 0.15) is 17.3 Å². The van der Waals surface area contributed by atoms with Crippen LogP contribution in [0.5, 0.6) is 0 Å². The first-order chi connectivity index (χ1) is 8.77. The zero-order valence-electron chi connectivity index (χ0n) is 10.3. The largest absolute Gasteiger partial charge is 0.377 e. The number of nitrogens with one attached hydrogen (secondary N) is 1. The van der Waals surface area contributed by atoms with Gasteiger partial charge in [-0.3, -0.25) is 4.79 Å². The average Bonchev–Trinajstić information content (AvgIpc) is 2.86. The molecular formula is C14H16N2O2. The van der Waals surface area contributed by atoms with Crippen molar-refractivity contribution in [2.75, 3.05) is 19.8 Å². The molecular weight excluding hydrogens is 228 g/mol. The highest BCUT2D eigenvalue weighted by molar-refractivity contribution is 6.06. The Hall–Kier alpha value is -1.81. The molecule has 1 N–H and O–H groups in total. The smallest absolute Gasteiger partial charge is 0.254 e. The lowest BCUT2D eigenvalue weighted by molar-refractivity contribution is 0.00370. The van der Waals surface area contributed by atoms with Crippen LogP contribution in [0.25, 0.3) is 10.9 Å². The van der Waals surface area contributed by atoms with Crippen LogP contribution in [0, 0.1) is 0 Å². The number of ether oxygens (including phenoxy) is 1. The highest BCUT2D eigenvalue weighted by Gasteiger charge is 2.25. The van der Waals surface area contributed by atoms with Gasteiger partial charge in [0, 0.05) is 29.2 Å². The molecule has 0 spiro atoms. The van der Waals surface area contributed by atoms with Crippen LogP contribution in [0.4, 0.5) is 0 Å². The van der Waals surface area contributed by atoms with Crippen LogP contribution in [0.3, 0.4) is 0 Å². The lowest BCUT2D eigenvalue weighted by Crippen LogP contribution is -2.47. The molecule has 1 unspecified atom stereocenters. The standard InChI is InChI=1S/C14H16N2O2/c1-10-9-18-8-7-16(10)14(17)12-3-2-4-13-11(12)5-6-15-13/h2-6,10,15H,7-9H2,1H3. The molecule has 1 atom stereocenters. The third-order valence-electron chi connectivity index (χ3n) is 3.45. The molecule has 1 saturated heterocycles. The summed E-state index contributed by atoms with van der Waals surface area (Å²) < 4.78 is 5.37. The van der Waals surface area contributed by atoms with E-state index in [1.807, 2.05) is 42.3 Å². The first-order valence-electron chi connectivity index (χ1n) is 6.22. The van der Waals surface area contributed by atoms with Crippen LogP contribution in [0.2, 0.25) is 0 Å². The minimum absolute atomic E-state index is 0.0935. The van der Waals surface area contributed by atoms with Gasteiger partial charge in [0.15, 0.2) is 0 Å². The van der Waals surface area contributed by atoms with Crippen molar-refractivity contribution in [2.24, 2.45) is 0 Å². The van der Waals surface area contributed by atoms with E-state index in [0.29, 0.717) is 19.8 Å². The van der Waals surface area contributed by atoms with E-state index in [4.69, 9.17) is 4.74 Å². The van der Waals surface area contributed by atoms with Gasteiger partial charge in [0.05, 0.1) is 19.3 Å². The molecule has 18 heavy (non-hydrogen) atoms. The van der Waals surface area contributed by atoms with Gasteiger partial charge in [0.1, 0.15) is 0 Å². The molecule has 1 aromatic carbocycles. The van der Waals surface area contributed by atoms with E-state index in [-0.39, 0.29) is 11.9 Å². The maximum absolute atomic E-state index is 12.6. The molecule has 1 aliphatic heterocycles. The summed E-state index contributed by atoms with van der Waals surface area (Å²) in [6, 6.07) is 7.88. The Morgan fingerprint density at radius 2 is 2.33 bits per heavy atom. The van der Waals surface area contributed by atoms with Crippen molar-refractivity contribution in [3.63, 3.8) is 0 Å². The Kier molecular flexibility index (Phi) is 2.80. The van der Waals surface area contributed by atoms with Crippen molar-refractivity contribution >= 4 is 16.8 Å². The van der Waals surface area contributed by atoms with Crippen molar-refractivity contribution in [1.82, 2.24) is 9.88 Å². The van der Waals surface area contributed by atoms with Gasteiger partial charge >= 0.3 is 0 Å². The molecule has 2 aromatic rings. The van der Waals surface area contributed by atoms with Crippen molar-refractivity contribution in [3.8, 4) is 0 Å². The molecule has 1 fully saturated rings. The quantitative estimate of drug-likeness (QED) is 0.834. The van der Waals surface area contributed by atoms with Crippen LogP contribution in [-0.2, 0) is 4.74 Å². The summed E-state index contributed by atoms with van der Waals surface area (Å²) in [5, 5.41) is 0.987. The summed E-state index contributed by atoms with van der Waals surface area (Å²) >= 11 is 0. The van der Waals surface area contributed by atoms with E-state index in [1.165, 1.54) is 0 Å². The van der Waals surface area contributed by atoms with E-state index >= 15 is 0 Å². The number of aromatic nitrogens is 1. The second-order valence-electron chi connectivity index (χ2n) is 4.67. The number of H-pyrrole nitrogens is 1. The van der Waals surface area contributed by atoms with Crippen LogP contribution < -0.4 is 0 Å². The van der Waals surface area contributed by atoms with E-state index in [0.717, 1.165) is 16.5 Å². The minimum atomic E-state index is 0.0935. The Balaban J connectivity index is 1.98. The summed E-state index contributed by atoms with van der Waals surface area (Å²) in [6.45, 7) is 3.93. The Morgan fingerprint density at radius 1 is 1.44 bits per heavy atom. The number of amides is 1. The maximum Gasteiger partial charge on any atom is 0.254 e. The number of fused-ring (bicyclic) bond motifs is 1. The number of carbonyl (C=O) groups is 1. The summed E-state index contributed by atoms with van der Waals surface area (Å²) in [5.41, 5.74) is 1.77. The Bertz CT molecular complexity index is 576. The molecule has 4 heteroatoms. The molecule has 3 rings (SSSR count). The normalized spacial score (nSPS) is 20.3. The fraction of sp³-hybridized carbons (Fsp3) is 0.357. The second kappa shape index (κ2) is 4.46. The Morgan fingerprint density at radius 3 is 3.17 bits per heavy atom. The predicted molar refractivity (Wildman–Crippen MR) is 69.6 cm³/mol. The first-order valence-corrected chi connectivity index (χ1v) is 6.22. The summed E-state index contributed by atoms with van der Waals surface area (Å²) in [6.07, 6.45) is 1.87. The van der Waals surface area contributed by atoms with Gasteiger partial charge in [0.25, 0.3) is 5.91 Å². The first kappa shape index (κ1) is 11.3. The van der Waals surface area contributed by atoms with Crippen molar-refractivity contribution in [3.05, 3.63) is 36.0 Å². The summed E-state index contributed by atoms with van der Waals surface area (Å²) in [4.78, 5) is 17.6. The second-order valence-corrected chi connectivity index (χ2v) is 4.67. The predicted octanol–water partition coefficient (Wildman–Crippen LogP) is 2.03. The molecule has 4 nitrogen and oxygen atoms in total. The number of rotatable bonds is 1. The van der Waals surface area contributed by atoms with E-state index < -0.39 is 0 Å². The van der Waals surface area contributed by atoms with Gasteiger partial charge < -0.3 is 14.6 Å². The lowest BCUT2D eigenvalue weighted by Gasteiger charge is -2.33. The van der Waals surface area contributed by atoms with Gasteiger partial charge in [-0.15, -0.1) is 0 Å². The van der Waals surface area contributed by atoms with Gasteiger partial charge in [-0.05, 0) is 25.1 Å². The highest BCUT2D eigenvalue weighted by Crippen LogP contribution is 2.20. The third kappa shape index (κ3) is 1.78. The molecule has 0 aliphatic carbocycles. The number of nitrogens with zero attached hydrogens (tertiary/aromatic N) is 1. The molecule has 1 amide bonds. The topological polar surface area (TPSA) is 45.3 Å². The zero-order chi connectivity index (χ0) is 12.5. The Labute approximate surface area is 106 Å². The van der Waals surface area contributed by atoms with Crippen LogP contribution in [0.15, 0.2) is 30.5 Å². The average molecular weight is 244 g/mol. The van der Waals surface area contributed by atoms with Gasteiger partial charge in [-0.25, -0.2) is 0 Å². The molecule has 0 bridgehead atoms. The van der Waals surface area contributed by atoms with Crippen molar-refractivity contribution < 1.29 is 9.53 Å². The zero-order valence-corrected chi connectivity index (χ0v) is 10.3. The monoisotopic (exact) mass is 244 g/mol. The third-order valence-corrected chi connectivity index (χ3v) is 3.45. The SMILES string of the molecule is CC1COCCN1C(=O)c1cccc2[nH]ccc12. The number of aromatic amines is 1. The minimum Gasteiger partial charge on any atom is -0.377 e. The van der Waals surface area contributed by atoms with E-state index in [9.17, 15) is 4.79 Å². The summed E-state index contributed by atoms with van der Waals surface area (Å²) in [7, 11) is 0. The molecule has 1 aromatic heterocycles. The van der Waals surface area contributed by atoms with E-state index in [1.54, 1.807) is 0 Å².